The van der Waals surface area contributed by atoms with Gasteiger partial charge in [0.05, 0.1) is 18.3 Å². The number of methoxy groups -OCH3 is 1. The van der Waals surface area contributed by atoms with Crippen molar-refractivity contribution in [2.75, 3.05) is 20.3 Å². The highest BCUT2D eigenvalue weighted by molar-refractivity contribution is 9.10. The molecule has 6 nitrogen and oxygen atoms in total. The van der Waals surface area contributed by atoms with Crippen molar-refractivity contribution < 1.29 is 19.0 Å². The summed E-state index contributed by atoms with van der Waals surface area (Å²) in [6, 6.07) is 8.17. The molecule has 0 saturated carbocycles. The predicted octanol–water partition coefficient (Wildman–Crippen LogP) is 4.31. The Morgan fingerprint density at radius 3 is 2.75 bits per heavy atom. The molecule has 0 saturated heterocycles. The van der Waals surface area contributed by atoms with Crippen LogP contribution in [-0.4, -0.2) is 32.4 Å². The first-order valence-corrected chi connectivity index (χ1v) is 9.33. The maximum atomic E-state index is 11.9. The van der Waals surface area contributed by atoms with Gasteiger partial charge in [-0.3, -0.25) is 4.79 Å². The number of hydrogen-bond acceptors (Lipinski definition) is 5. The summed E-state index contributed by atoms with van der Waals surface area (Å²) < 4.78 is 16.9. The van der Waals surface area contributed by atoms with E-state index in [-0.39, 0.29) is 13.2 Å². The Morgan fingerprint density at radius 1 is 1.29 bits per heavy atom. The summed E-state index contributed by atoms with van der Waals surface area (Å²) in [6.07, 6.45) is 6.65. The van der Waals surface area contributed by atoms with Crippen molar-refractivity contribution in [1.82, 2.24) is 5.43 Å². The molecule has 0 fully saturated rings. The van der Waals surface area contributed by atoms with Crippen molar-refractivity contribution in [2.24, 2.45) is 5.10 Å². The number of halogens is 3. The predicted molar refractivity (Wildman–Crippen MR) is 113 cm³/mol. The normalized spacial score (nSPS) is 10.4. The molecule has 0 aromatic heterocycles. The number of hydrogen-bond donors (Lipinski definition) is 1. The number of terminal acetylenes is 1. The van der Waals surface area contributed by atoms with Crippen LogP contribution in [0.2, 0.25) is 10.0 Å². The van der Waals surface area contributed by atoms with Gasteiger partial charge in [-0.1, -0.05) is 45.1 Å². The number of carbonyl (C=O) groups is 1. The zero-order chi connectivity index (χ0) is 20.5. The fraction of sp³-hybridized carbons (Fsp3) is 0.158. The molecule has 1 N–H and O–H groups in total. The van der Waals surface area contributed by atoms with E-state index in [0.717, 1.165) is 4.47 Å². The number of carbonyl (C=O) groups excluding carboxylic acids is 1. The number of amides is 1. The molecular weight excluding hydrogens is 471 g/mol. The van der Waals surface area contributed by atoms with Crippen LogP contribution in [0.1, 0.15) is 5.56 Å². The highest BCUT2D eigenvalue weighted by Crippen LogP contribution is 2.34. The number of benzene rings is 2. The fourth-order valence-electron chi connectivity index (χ4n) is 2.05. The Hall–Kier alpha value is -2.40. The first kappa shape index (κ1) is 21.9. The average molecular weight is 486 g/mol. The van der Waals surface area contributed by atoms with Gasteiger partial charge in [-0.15, -0.1) is 6.42 Å². The molecule has 28 heavy (non-hydrogen) atoms. The standard InChI is InChI=1S/C19H15BrCl2N2O4/c1-3-6-27-19-12(7-13(20)8-17(19)26-2)10-23-24-18(25)11-28-16-5-4-14(21)9-15(16)22/h1,4-5,7-10H,6,11H2,2H3,(H,24,25)/b23-10+. The van der Waals surface area contributed by atoms with E-state index in [0.29, 0.717) is 32.9 Å². The fourth-order valence-corrected chi connectivity index (χ4v) is 2.96. The lowest BCUT2D eigenvalue weighted by molar-refractivity contribution is -0.123. The molecule has 0 atom stereocenters. The van der Waals surface area contributed by atoms with Gasteiger partial charge in [0.25, 0.3) is 5.91 Å². The molecule has 0 unspecified atom stereocenters. The van der Waals surface area contributed by atoms with Gasteiger partial charge < -0.3 is 14.2 Å². The highest BCUT2D eigenvalue weighted by atomic mass is 79.9. The molecular formula is C19H15BrCl2N2O4. The second-order valence-corrected chi connectivity index (χ2v) is 6.94. The van der Waals surface area contributed by atoms with Crippen LogP contribution >= 0.6 is 39.1 Å². The van der Waals surface area contributed by atoms with Gasteiger partial charge in [0.2, 0.25) is 0 Å². The largest absolute Gasteiger partial charge is 0.493 e. The molecule has 2 rings (SSSR count). The van der Waals surface area contributed by atoms with Gasteiger partial charge in [0.15, 0.2) is 18.1 Å². The van der Waals surface area contributed by atoms with Crippen LogP contribution in [0.3, 0.4) is 0 Å². The van der Waals surface area contributed by atoms with Gasteiger partial charge >= 0.3 is 0 Å². The van der Waals surface area contributed by atoms with Gasteiger partial charge in [-0.25, -0.2) is 5.43 Å². The Balaban J connectivity index is 2.02. The van der Waals surface area contributed by atoms with Crippen LogP contribution in [0.15, 0.2) is 39.9 Å². The lowest BCUT2D eigenvalue weighted by Gasteiger charge is -2.12. The van der Waals surface area contributed by atoms with Gasteiger partial charge in [-0.05, 0) is 30.3 Å². The van der Waals surface area contributed by atoms with Crippen molar-refractivity contribution in [1.29, 1.82) is 0 Å². The van der Waals surface area contributed by atoms with Gasteiger partial charge in [0.1, 0.15) is 12.4 Å². The van der Waals surface area contributed by atoms with Crippen molar-refractivity contribution >= 4 is 51.3 Å². The topological polar surface area (TPSA) is 69.2 Å². The Kier molecular flexibility index (Phi) is 8.45. The second kappa shape index (κ2) is 10.8. The lowest BCUT2D eigenvalue weighted by Crippen LogP contribution is -2.24. The minimum atomic E-state index is -0.477. The first-order valence-electron chi connectivity index (χ1n) is 7.78. The second-order valence-electron chi connectivity index (χ2n) is 5.18. The molecule has 0 spiro atoms. The SMILES string of the molecule is C#CCOc1c(/C=N/NC(=O)COc2ccc(Cl)cc2Cl)cc(Br)cc1OC. The molecule has 1 amide bonds. The molecule has 0 radical (unpaired) electrons. The van der Waals surface area contributed by atoms with E-state index >= 15 is 0 Å². The summed E-state index contributed by atoms with van der Waals surface area (Å²) in [6.45, 7) is -0.220. The number of hydrazone groups is 1. The van der Waals surface area contributed by atoms with Gasteiger partial charge in [0, 0.05) is 15.1 Å². The summed E-state index contributed by atoms with van der Waals surface area (Å²) >= 11 is 15.2. The Bertz CT molecular complexity index is 929. The van der Waals surface area contributed by atoms with Crippen molar-refractivity contribution in [2.45, 2.75) is 0 Å². The van der Waals surface area contributed by atoms with E-state index in [4.69, 9.17) is 43.8 Å². The average Bonchev–Trinajstić information content (AvgIpc) is 2.66. The quantitative estimate of drug-likeness (QED) is 0.343. The van der Waals surface area contributed by atoms with E-state index in [1.165, 1.54) is 19.4 Å². The van der Waals surface area contributed by atoms with Crippen molar-refractivity contribution in [3.05, 3.63) is 50.4 Å². The number of ether oxygens (including phenoxy) is 3. The molecule has 0 bridgehead atoms. The summed E-state index contributed by atoms with van der Waals surface area (Å²) in [5, 5.41) is 4.69. The summed E-state index contributed by atoms with van der Waals surface area (Å²) in [5.41, 5.74) is 2.92. The minimum Gasteiger partial charge on any atom is -0.493 e. The number of nitrogens with zero attached hydrogens (tertiary/aromatic N) is 1. The van der Waals surface area contributed by atoms with Crippen LogP contribution in [0.4, 0.5) is 0 Å². The van der Waals surface area contributed by atoms with Crippen molar-refractivity contribution in [3.8, 4) is 29.6 Å². The molecule has 0 aliphatic rings. The maximum absolute atomic E-state index is 11.9. The van der Waals surface area contributed by atoms with E-state index in [2.05, 4.69) is 32.4 Å². The lowest BCUT2D eigenvalue weighted by atomic mass is 10.2. The molecule has 0 aliphatic carbocycles. The van der Waals surface area contributed by atoms with Crippen LogP contribution in [0, 0.1) is 12.3 Å². The Labute approximate surface area is 180 Å². The summed E-state index contributed by atoms with van der Waals surface area (Å²) in [5.74, 6) is 3.13. The zero-order valence-electron chi connectivity index (χ0n) is 14.7. The molecule has 2 aromatic rings. The van der Waals surface area contributed by atoms with E-state index in [9.17, 15) is 4.79 Å². The van der Waals surface area contributed by atoms with Gasteiger partial charge in [-0.2, -0.15) is 5.10 Å². The highest BCUT2D eigenvalue weighted by Gasteiger charge is 2.12. The minimum absolute atomic E-state index is 0.0564. The van der Waals surface area contributed by atoms with Crippen LogP contribution < -0.4 is 19.6 Å². The molecule has 0 heterocycles. The third-order valence-corrected chi connectivity index (χ3v) is 4.20. The van der Waals surface area contributed by atoms with Crippen LogP contribution in [-0.2, 0) is 4.79 Å². The monoisotopic (exact) mass is 484 g/mol. The summed E-state index contributed by atoms with van der Waals surface area (Å²) in [7, 11) is 1.51. The molecule has 9 heteroatoms. The van der Waals surface area contributed by atoms with E-state index in [1.807, 2.05) is 0 Å². The molecule has 2 aromatic carbocycles. The third kappa shape index (κ3) is 6.34. The van der Waals surface area contributed by atoms with Crippen LogP contribution in [0.5, 0.6) is 17.2 Å². The number of rotatable bonds is 8. The first-order chi connectivity index (χ1) is 13.4. The van der Waals surface area contributed by atoms with E-state index < -0.39 is 5.91 Å². The van der Waals surface area contributed by atoms with E-state index in [1.54, 1.807) is 24.3 Å². The third-order valence-electron chi connectivity index (χ3n) is 3.21. The maximum Gasteiger partial charge on any atom is 0.277 e. The zero-order valence-corrected chi connectivity index (χ0v) is 17.8. The molecule has 0 aliphatic heterocycles. The molecule has 146 valence electrons. The van der Waals surface area contributed by atoms with Crippen LogP contribution in [0.25, 0.3) is 0 Å². The Morgan fingerprint density at radius 2 is 2.07 bits per heavy atom. The number of nitrogens with one attached hydrogen (secondary N) is 1. The smallest absolute Gasteiger partial charge is 0.277 e. The summed E-state index contributed by atoms with van der Waals surface area (Å²) in [4.78, 5) is 11.9. The van der Waals surface area contributed by atoms with Crippen molar-refractivity contribution in [3.63, 3.8) is 0 Å².